The minimum Gasteiger partial charge on any atom is -0.346 e. The lowest BCUT2D eigenvalue weighted by Gasteiger charge is -2.31. The smallest absolute Gasteiger partial charge is 0.106 e. The van der Waals surface area contributed by atoms with Crippen molar-refractivity contribution < 1.29 is 0 Å². The van der Waals surface area contributed by atoms with E-state index in [1.807, 2.05) is 6.20 Å². The lowest BCUT2D eigenvalue weighted by atomic mass is 9.92. The fourth-order valence-corrected chi connectivity index (χ4v) is 3.58. The number of benzene rings is 1. The molecular weight excluding hydrogens is 282 g/mol. The number of aromatic nitrogens is 2. The molecule has 0 radical (unpaired) electrons. The summed E-state index contributed by atoms with van der Waals surface area (Å²) >= 11 is 0. The number of nitrogens with zero attached hydrogens (tertiary/aromatic N) is 2. The van der Waals surface area contributed by atoms with E-state index in [0.29, 0.717) is 0 Å². The number of aryl methyl sites for hydroxylation is 3. The molecule has 2 heterocycles. The molecule has 3 rings (SSSR count). The zero-order valence-corrected chi connectivity index (χ0v) is 14.3. The zero-order chi connectivity index (χ0) is 15.9. The molecule has 1 aromatic heterocycles. The standard InChI is InChI=1S/C20H29N3/c1-17-16-21-20(22-17)10-9-19-11-14-23(15-12-19)13-5-8-18-6-3-2-4-7-18/h2-4,6-7,16,19H,5,8-15H2,1H3,(H,21,22). The van der Waals surface area contributed by atoms with Crippen LogP contribution in [0.5, 0.6) is 0 Å². The van der Waals surface area contributed by atoms with Gasteiger partial charge in [0.2, 0.25) is 0 Å². The van der Waals surface area contributed by atoms with Crippen molar-refractivity contribution in [3.63, 3.8) is 0 Å². The van der Waals surface area contributed by atoms with E-state index in [1.165, 1.54) is 63.0 Å². The fourth-order valence-electron chi connectivity index (χ4n) is 3.58. The van der Waals surface area contributed by atoms with Gasteiger partial charge < -0.3 is 9.88 Å². The van der Waals surface area contributed by atoms with Crippen LogP contribution in [-0.4, -0.2) is 34.5 Å². The Morgan fingerprint density at radius 1 is 1.13 bits per heavy atom. The number of hydrogen-bond donors (Lipinski definition) is 1. The molecule has 1 aliphatic rings. The average molecular weight is 311 g/mol. The summed E-state index contributed by atoms with van der Waals surface area (Å²) in [5.74, 6) is 2.04. The van der Waals surface area contributed by atoms with Crippen LogP contribution in [0.25, 0.3) is 0 Å². The van der Waals surface area contributed by atoms with Crippen LogP contribution < -0.4 is 0 Å². The van der Waals surface area contributed by atoms with E-state index >= 15 is 0 Å². The van der Waals surface area contributed by atoms with Gasteiger partial charge in [0.05, 0.1) is 0 Å². The van der Waals surface area contributed by atoms with Crippen LogP contribution in [0.1, 0.15) is 42.8 Å². The summed E-state index contributed by atoms with van der Waals surface area (Å²) in [7, 11) is 0. The molecule has 1 saturated heterocycles. The first-order chi connectivity index (χ1) is 11.3. The Hall–Kier alpha value is -1.61. The van der Waals surface area contributed by atoms with Crippen LogP contribution >= 0.6 is 0 Å². The van der Waals surface area contributed by atoms with Gasteiger partial charge in [0.15, 0.2) is 0 Å². The lowest BCUT2D eigenvalue weighted by Crippen LogP contribution is -2.34. The molecular formula is C20H29N3. The number of rotatable bonds is 7. The molecule has 0 spiro atoms. The second kappa shape index (κ2) is 8.30. The van der Waals surface area contributed by atoms with E-state index in [9.17, 15) is 0 Å². The van der Waals surface area contributed by atoms with Gasteiger partial charge in [-0.15, -0.1) is 0 Å². The highest BCUT2D eigenvalue weighted by atomic mass is 15.1. The number of hydrogen-bond acceptors (Lipinski definition) is 2. The molecule has 1 aliphatic heterocycles. The van der Waals surface area contributed by atoms with Gasteiger partial charge in [-0.25, -0.2) is 4.98 Å². The predicted octanol–water partition coefficient (Wildman–Crippen LogP) is 4.00. The molecule has 1 N–H and O–H groups in total. The van der Waals surface area contributed by atoms with Crippen molar-refractivity contribution >= 4 is 0 Å². The second-order valence-electron chi connectivity index (χ2n) is 6.93. The molecule has 0 aliphatic carbocycles. The largest absolute Gasteiger partial charge is 0.346 e. The van der Waals surface area contributed by atoms with Crippen LogP contribution in [0.3, 0.4) is 0 Å². The molecule has 2 aromatic rings. The van der Waals surface area contributed by atoms with Gasteiger partial charge in [-0.1, -0.05) is 30.3 Å². The van der Waals surface area contributed by atoms with E-state index in [-0.39, 0.29) is 0 Å². The second-order valence-corrected chi connectivity index (χ2v) is 6.93. The van der Waals surface area contributed by atoms with E-state index in [1.54, 1.807) is 0 Å². The topological polar surface area (TPSA) is 31.9 Å². The molecule has 0 amide bonds. The van der Waals surface area contributed by atoms with E-state index in [0.717, 1.165) is 18.2 Å². The Kier molecular flexibility index (Phi) is 5.87. The normalized spacial score (nSPS) is 16.7. The Morgan fingerprint density at radius 2 is 1.91 bits per heavy atom. The first kappa shape index (κ1) is 16.3. The Labute approximate surface area is 140 Å². The van der Waals surface area contributed by atoms with E-state index in [4.69, 9.17) is 0 Å². The maximum Gasteiger partial charge on any atom is 0.106 e. The molecule has 3 heteroatoms. The van der Waals surface area contributed by atoms with Crippen LogP contribution in [-0.2, 0) is 12.8 Å². The Bertz CT molecular complexity index is 568. The van der Waals surface area contributed by atoms with Crippen LogP contribution in [0.2, 0.25) is 0 Å². The molecule has 0 bridgehead atoms. The molecule has 1 fully saturated rings. The van der Waals surface area contributed by atoms with Crippen molar-refractivity contribution in [3.8, 4) is 0 Å². The maximum absolute atomic E-state index is 4.42. The highest BCUT2D eigenvalue weighted by molar-refractivity contribution is 5.14. The van der Waals surface area contributed by atoms with Gasteiger partial charge in [-0.05, 0) is 70.1 Å². The average Bonchev–Trinajstić information content (AvgIpc) is 3.01. The number of H-pyrrole nitrogens is 1. The predicted molar refractivity (Wildman–Crippen MR) is 95.6 cm³/mol. The quantitative estimate of drug-likeness (QED) is 0.838. The minimum absolute atomic E-state index is 0.880. The molecule has 0 unspecified atom stereocenters. The third-order valence-electron chi connectivity index (χ3n) is 5.03. The summed E-state index contributed by atoms with van der Waals surface area (Å²) in [5.41, 5.74) is 2.64. The highest BCUT2D eigenvalue weighted by Crippen LogP contribution is 2.22. The van der Waals surface area contributed by atoms with Crippen molar-refractivity contribution in [1.29, 1.82) is 0 Å². The number of likely N-dealkylation sites (tertiary alicyclic amines) is 1. The van der Waals surface area contributed by atoms with Gasteiger partial charge in [-0.3, -0.25) is 0 Å². The zero-order valence-electron chi connectivity index (χ0n) is 14.3. The van der Waals surface area contributed by atoms with Gasteiger partial charge in [0.1, 0.15) is 5.82 Å². The molecule has 23 heavy (non-hydrogen) atoms. The Balaban J connectivity index is 1.31. The highest BCUT2D eigenvalue weighted by Gasteiger charge is 2.18. The van der Waals surface area contributed by atoms with Crippen molar-refractivity contribution in [2.75, 3.05) is 19.6 Å². The number of imidazole rings is 1. The minimum atomic E-state index is 0.880. The monoisotopic (exact) mass is 311 g/mol. The molecule has 0 atom stereocenters. The van der Waals surface area contributed by atoms with Gasteiger partial charge >= 0.3 is 0 Å². The van der Waals surface area contributed by atoms with Crippen molar-refractivity contribution in [2.24, 2.45) is 5.92 Å². The van der Waals surface area contributed by atoms with Crippen molar-refractivity contribution in [3.05, 3.63) is 53.6 Å². The van der Waals surface area contributed by atoms with Gasteiger partial charge in [0, 0.05) is 18.3 Å². The summed E-state index contributed by atoms with van der Waals surface area (Å²) in [6.45, 7) is 5.87. The summed E-state index contributed by atoms with van der Waals surface area (Å²) in [4.78, 5) is 10.4. The van der Waals surface area contributed by atoms with Gasteiger partial charge in [0.25, 0.3) is 0 Å². The molecule has 124 valence electrons. The summed E-state index contributed by atoms with van der Waals surface area (Å²) < 4.78 is 0. The van der Waals surface area contributed by atoms with E-state index in [2.05, 4.69) is 52.1 Å². The van der Waals surface area contributed by atoms with Crippen molar-refractivity contribution in [2.45, 2.75) is 45.4 Å². The first-order valence-corrected chi connectivity index (χ1v) is 9.06. The fraction of sp³-hybridized carbons (Fsp3) is 0.550. The SMILES string of the molecule is Cc1cnc(CCC2CCN(CCCc3ccccc3)CC2)[nH]1. The number of nitrogens with one attached hydrogen (secondary N) is 1. The third-order valence-corrected chi connectivity index (χ3v) is 5.03. The molecule has 0 saturated carbocycles. The third kappa shape index (κ3) is 5.21. The summed E-state index contributed by atoms with van der Waals surface area (Å²) in [6.07, 6.45) is 9.51. The lowest BCUT2D eigenvalue weighted by molar-refractivity contribution is 0.177. The molecule has 3 nitrogen and oxygen atoms in total. The van der Waals surface area contributed by atoms with E-state index < -0.39 is 0 Å². The molecule has 1 aromatic carbocycles. The number of aromatic amines is 1. The maximum atomic E-state index is 4.42. The Morgan fingerprint density at radius 3 is 2.61 bits per heavy atom. The number of piperidine rings is 1. The van der Waals surface area contributed by atoms with Crippen molar-refractivity contribution in [1.82, 2.24) is 14.9 Å². The summed E-state index contributed by atoms with van der Waals surface area (Å²) in [6, 6.07) is 10.9. The summed E-state index contributed by atoms with van der Waals surface area (Å²) in [5, 5.41) is 0. The first-order valence-electron chi connectivity index (χ1n) is 9.06. The van der Waals surface area contributed by atoms with Gasteiger partial charge in [-0.2, -0.15) is 0 Å². The van der Waals surface area contributed by atoms with Crippen LogP contribution in [0, 0.1) is 12.8 Å². The van der Waals surface area contributed by atoms with Crippen LogP contribution in [0.15, 0.2) is 36.5 Å². The van der Waals surface area contributed by atoms with Crippen LogP contribution in [0.4, 0.5) is 0 Å².